The van der Waals surface area contributed by atoms with Gasteiger partial charge in [-0.25, -0.2) is 4.39 Å². The van der Waals surface area contributed by atoms with Gasteiger partial charge in [0.1, 0.15) is 5.82 Å². The zero-order valence-electron chi connectivity index (χ0n) is 8.11. The van der Waals surface area contributed by atoms with Crippen molar-refractivity contribution in [2.45, 2.75) is 13.3 Å². The van der Waals surface area contributed by atoms with Crippen molar-refractivity contribution in [3.63, 3.8) is 0 Å². The fourth-order valence-corrected chi connectivity index (χ4v) is 1.94. The molecular formula is C11H13ClFN. The molecule has 1 heterocycles. The summed E-state index contributed by atoms with van der Waals surface area (Å²) in [5.74, 6) is -0.319. The van der Waals surface area contributed by atoms with Crippen LogP contribution < -0.4 is 5.32 Å². The smallest absolute Gasteiger partial charge is 0.142 e. The van der Waals surface area contributed by atoms with Crippen molar-refractivity contribution < 1.29 is 4.39 Å². The van der Waals surface area contributed by atoms with Crippen LogP contribution in [-0.4, -0.2) is 13.1 Å². The molecule has 1 N–H and O–H groups in total. The zero-order valence-corrected chi connectivity index (χ0v) is 8.87. The van der Waals surface area contributed by atoms with E-state index in [9.17, 15) is 4.39 Å². The van der Waals surface area contributed by atoms with Gasteiger partial charge >= 0.3 is 0 Å². The van der Waals surface area contributed by atoms with Gasteiger partial charge in [-0.3, -0.25) is 0 Å². The predicted octanol–water partition coefficient (Wildman–Crippen LogP) is 2.63. The molecule has 1 fully saturated rings. The quantitative estimate of drug-likeness (QED) is 0.797. The standard InChI is InChI=1S/C11H13ClFN/c1-11(6-14-7-11)5-8-2-3-9(12)10(13)4-8/h2-4,14H,5-7H2,1H3. The lowest BCUT2D eigenvalue weighted by Crippen LogP contribution is -2.52. The summed E-state index contributed by atoms with van der Waals surface area (Å²) in [7, 11) is 0. The van der Waals surface area contributed by atoms with Gasteiger partial charge in [0, 0.05) is 13.1 Å². The molecular weight excluding hydrogens is 201 g/mol. The third kappa shape index (κ3) is 1.91. The van der Waals surface area contributed by atoms with E-state index in [1.165, 1.54) is 6.07 Å². The Bertz CT molecular complexity index is 347. The van der Waals surface area contributed by atoms with E-state index in [1.54, 1.807) is 6.07 Å². The van der Waals surface area contributed by atoms with Crippen molar-refractivity contribution in [2.24, 2.45) is 5.41 Å². The third-order valence-electron chi connectivity index (χ3n) is 2.72. The first kappa shape index (κ1) is 9.94. The summed E-state index contributed by atoms with van der Waals surface area (Å²) in [5.41, 5.74) is 1.32. The van der Waals surface area contributed by atoms with Gasteiger partial charge in [-0.1, -0.05) is 24.6 Å². The van der Waals surface area contributed by atoms with Crippen molar-refractivity contribution >= 4 is 11.6 Å². The number of nitrogens with one attached hydrogen (secondary N) is 1. The van der Waals surface area contributed by atoms with E-state index in [0.29, 0.717) is 5.41 Å². The van der Waals surface area contributed by atoms with E-state index in [2.05, 4.69) is 12.2 Å². The van der Waals surface area contributed by atoms with Crippen LogP contribution in [0, 0.1) is 11.2 Å². The van der Waals surface area contributed by atoms with Crippen LogP contribution in [0.4, 0.5) is 4.39 Å². The maximum absolute atomic E-state index is 13.1. The van der Waals surface area contributed by atoms with Gasteiger partial charge < -0.3 is 5.32 Å². The van der Waals surface area contributed by atoms with Crippen molar-refractivity contribution in [1.29, 1.82) is 0 Å². The normalized spacial score (nSPS) is 19.1. The Kier molecular flexibility index (Phi) is 2.50. The Morgan fingerprint density at radius 3 is 2.71 bits per heavy atom. The second-order valence-electron chi connectivity index (χ2n) is 4.34. The Morgan fingerprint density at radius 2 is 2.21 bits per heavy atom. The number of benzene rings is 1. The van der Waals surface area contributed by atoms with Crippen LogP contribution in [0.15, 0.2) is 18.2 Å². The van der Waals surface area contributed by atoms with Crippen LogP contribution >= 0.6 is 11.6 Å². The minimum Gasteiger partial charge on any atom is -0.316 e. The van der Waals surface area contributed by atoms with Gasteiger partial charge in [-0.2, -0.15) is 0 Å². The molecule has 3 heteroatoms. The lowest BCUT2D eigenvalue weighted by atomic mass is 9.78. The Hall–Kier alpha value is -0.600. The fraction of sp³-hybridized carbons (Fsp3) is 0.455. The molecule has 1 aliphatic rings. The minimum absolute atomic E-state index is 0.200. The van der Waals surface area contributed by atoms with Crippen molar-refractivity contribution in [1.82, 2.24) is 5.32 Å². The third-order valence-corrected chi connectivity index (χ3v) is 3.02. The van der Waals surface area contributed by atoms with E-state index in [4.69, 9.17) is 11.6 Å². The summed E-state index contributed by atoms with van der Waals surface area (Å²) in [5, 5.41) is 3.43. The molecule has 1 saturated heterocycles. The van der Waals surface area contributed by atoms with Gasteiger partial charge in [0.2, 0.25) is 0 Å². The molecule has 1 aliphatic heterocycles. The van der Waals surface area contributed by atoms with Gasteiger partial charge in [-0.15, -0.1) is 0 Å². The van der Waals surface area contributed by atoms with Crippen molar-refractivity contribution in [3.05, 3.63) is 34.6 Å². The molecule has 0 aliphatic carbocycles. The zero-order chi connectivity index (χ0) is 10.2. The van der Waals surface area contributed by atoms with Gasteiger partial charge in [0.25, 0.3) is 0 Å². The second kappa shape index (κ2) is 3.52. The number of halogens is 2. The molecule has 76 valence electrons. The average Bonchev–Trinajstić information content (AvgIpc) is 2.09. The van der Waals surface area contributed by atoms with E-state index in [-0.39, 0.29) is 10.8 Å². The fourth-order valence-electron chi connectivity index (χ4n) is 1.82. The molecule has 0 radical (unpaired) electrons. The van der Waals surface area contributed by atoms with Crippen molar-refractivity contribution in [2.75, 3.05) is 13.1 Å². The van der Waals surface area contributed by atoms with Crippen LogP contribution in [0.3, 0.4) is 0 Å². The molecule has 2 rings (SSSR count). The van der Waals surface area contributed by atoms with Crippen LogP contribution in [0.1, 0.15) is 12.5 Å². The first-order valence-electron chi connectivity index (χ1n) is 4.74. The highest BCUT2D eigenvalue weighted by Gasteiger charge is 2.31. The molecule has 1 aromatic carbocycles. The van der Waals surface area contributed by atoms with E-state index < -0.39 is 0 Å². The maximum Gasteiger partial charge on any atom is 0.142 e. The molecule has 1 aromatic rings. The van der Waals surface area contributed by atoms with Crippen LogP contribution in [-0.2, 0) is 6.42 Å². The maximum atomic E-state index is 13.1. The highest BCUT2D eigenvalue weighted by Crippen LogP contribution is 2.27. The lowest BCUT2D eigenvalue weighted by molar-refractivity contribution is 0.195. The van der Waals surface area contributed by atoms with Gasteiger partial charge in [0.05, 0.1) is 5.02 Å². The molecule has 0 saturated carbocycles. The molecule has 0 bridgehead atoms. The molecule has 0 spiro atoms. The summed E-state index contributed by atoms with van der Waals surface area (Å²) in [6, 6.07) is 5.06. The van der Waals surface area contributed by atoms with E-state index in [0.717, 1.165) is 25.1 Å². The lowest BCUT2D eigenvalue weighted by Gasteiger charge is -2.39. The highest BCUT2D eigenvalue weighted by molar-refractivity contribution is 6.30. The Balaban J connectivity index is 2.13. The monoisotopic (exact) mass is 213 g/mol. The van der Waals surface area contributed by atoms with E-state index in [1.807, 2.05) is 6.07 Å². The van der Waals surface area contributed by atoms with Crippen LogP contribution in [0.25, 0.3) is 0 Å². The Labute approximate surface area is 88.3 Å². The molecule has 0 amide bonds. The summed E-state index contributed by atoms with van der Waals surface area (Å²) in [6.45, 7) is 4.23. The van der Waals surface area contributed by atoms with Gasteiger partial charge in [-0.05, 0) is 29.5 Å². The summed E-state index contributed by atoms with van der Waals surface area (Å²) in [6.07, 6.45) is 0.911. The SMILES string of the molecule is CC1(Cc2ccc(Cl)c(F)c2)CNC1. The molecule has 0 aromatic heterocycles. The van der Waals surface area contributed by atoms with Crippen LogP contribution in [0.5, 0.6) is 0 Å². The first-order chi connectivity index (χ1) is 6.59. The molecule has 0 atom stereocenters. The summed E-state index contributed by atoms with van der Waals surface area (Å²) < 4.78 is 13.1. The summed E-state index contributed by atoms with van der Waals surface area (Å²) >= 11 is 5.61. The Morgan fingerprint density at radius 1 is 1.50 bits per heavy atom. The van der Waals surface area contributed by atoms with Crippen molar-refractivity contribution in [3.8, 4) is 0 Å². The minimum atomic E-state index is -0.319. The molecule has 0 unspecified atom stereocenters. The topological polar surface area (TPSA) is 12.0 Å². The number of rotatable bonds is 2. The van der Waals surface area contributed by atoms with Gasteiger partial charge in [0.15, 0.2) is 0 Å². The number of hydrogen-bond acceptors (Lipinski definition) is 1. The average molecular weight is 214 g/mol. The molecule has 14 heavy (non-hydrogen) atoms. The predicted molar refractivity (Wildman–Crippen MR) is 56.1 cm³/mol. The first-order valence-corrected chi connectivity index (χ1v) is 5.12. The molecule has 1 nitrogen and oxygen atoms in total. The largest absolute Gasteiger partial charge is 0.316 e. The van der Waals surface area contributed by atoms with E-state index >= 15 is 0 Å². The number of hydrogen-bond donors (Lipinski definition) is 1. The summed E-state index contributed by atoms with van der Waals surface area (Å²) in [4.78, 5) is 0. The second-order valence-corrected chi connectivity index (χ2v) is 4.75. The van der Waals surface area contributed by atoms with Crippen LogP contribution in [0.2, 0.25) is 5.02 Å². The highest BCUT2D eigenvalue weighted by atomic mass is 35.5.